The lowest BCUT2D eigenvalue weighted by molar-refractivity contribution is 0.0169. The summed E-state index contributed by atoms with van der Waals surface area (Å²) >= 11 is 0. The van der Waals surface area contributed by atoms with Crippen LogP contribution in [0.5, 0.6) is 0 Å². The second-order valence-corrected chi connectivity index (χ2v) is 5.85. The van der Waals surface area contributed by atoms with Gasteiger partial charge in [0, 0.05) is 24.5 Å². The van der Waals surface area contributed by atoms with Gasteiger partial charge < -0.3 is 0 Å². The highest BCUT2D eigenvalue weighted by atomic mass is 19.3. The van der Waals surface area contributed by atoms with Crippen LogP contribution in [0.3, 0.4) is 0 Å². The molecule has 1 saturated heterocycles. The third-order valence-electron chi connectivity index (χ3n) is 4.51. The lowest BCUT2D eigenvalue weighted by Crippen LogP contribution is -2.46. The van der Waals surface area contributed by atoms with E-state index in [4.69, 9.17) is 0 Å². The molecule has 0 radical (unpaired) electrons. The molecular formula is C19H22F2N2. The molecule has 1 aliphatic rings. The van der Waals surface area contributed by atoms with Gasteiger partial charge in [0.05, 0.1) is 0 Å². The van der Waals surface area contributed by atoms with Crippen LogP contribution in [0.1, 0.15) is 25.0 Å². The molecule has 1 fully saturated rings. The summed E-state index contributed by atoms with van der Waals surface area (Å²) in [5.74, 6) is 0. The highest BCUT2D eigenvalue weighted by Gasteiger charge is 2.49. The van der Waals surface area contributed by atoms with Crippen molar-refractivity contribution in [1.82, 2.24) is 0 Å². The Morgan fingerprint density at radius 2 is 1.09 bits per heavy atom. The molecule has 1 heterocycles. The predicted molar refractivity (Wildman–Crippen MR) is 91.3 cm³/mol. The highest BCUT2D eigenvalue weighted by Crippen LogP contribution is 2.38. The normalized spacial score (nSPS) is 16.9. The van der Waals surface area contributed by atoms with Crippen LogP contribution in [0.15, 0.2) is 48.5 Å². The lowest BCUT2D eigenvalue weighted by Gasteiger charge is -2.31. The van der Waals surface area contributed by atoms with Crippen molar-refractivity contribution in [3.8, 4) is 0 Å². The first-order valence-corrected chi connectivity index (χ1v) is 8.17. The van der Waals surface area contributed by atoms with Gasteiger partial charge in [0.25, 0.3) is 0 Å². The standard InChI is InChI=1S/C19H22F2N2/c1-3-15-5-9-17(10-6-15)22-13-14-23(19(22,20)21)18-11-7-16(4-2)8-12-18/h5-12H,3-4,13-14H2,1-2H3. The fourth-order valence-electron chi connectivity index (χ4n) is 3.01. The molecule has 0 unspecified atom stereocenters. The molecule has 0 spiro atoms. The van der Waals surface area contributed by atoms with Gasteiger partial charge in [0.1, 0.15) is 0 Å². The zero-order chi connectivity index (χ0) is 16.4. The van der Waals surface area contributed by atoms with Gasteiger partial charge in [0.15, 0.2) is 0 Å². The largest absolute Gasteiger partial charge is 0.414 e. The first-order chi connectivity index (χ1) is 11.1. The topological polar surface area (TPSA) is 6.48 Å². The molecule has 2 nitrogen and oxygen atoms in total. The fraction of sp³-hybridized carbons (Fsp3) is 0.368. The van der Waals surface area contributed by atoms with E-state index >= 15 is 0 Å². The molecule has 1 aliphatic heterocycles. The Labute approximate surface area is 136 Å². The summed E-state index contributed by atoms with van der Waals surface area (Å²) in [6, 6.07) is 14.8. The third kappa shape index (κ3) is 2.90. The van der Waals surface area contributed by atoms with Gasteiger partial charge in [-0.25, -0.2) is 0 Å². The van der Waals surface area contributed by atoms with Gasteiger partial charge in [-0.3, -0.25) is 9.80 Å². The maximum atomic E-state index is 14.9. The number of nitrogens with zero attached hydrogens (tertiary/aromatic N) is 2. The zero-order valence-corrected chi connectivity index (χ0v) is 13.6. The van der Waals surface area contributed by atoms with Crippen molar-refractivity contribution in [2.75, 3.05) is 22.9 Å². The van der Waals surface area contributed by atoms with E-state index < -0.39 is 6.17 Å². The minimum atomic E-state index is -3.01. The summed E-state index contributed by atoms with van der Waals surface area (Å²) in [6.07, 6.45) is -1.19. The highest BCUT2D eigenvalue weighted by molar-refractivity contribution is 5.58. The first kappa shape index (κ1) is 15.8. The van der Waals surface area contributed by atoms with Crippen LogP contribution in [-0.2, 0) is 12.8 Å². The van der Waals surface area contributed by atoms with Crippen molar-refractivity contribution in [3.05, 3.63) is 59.7 Å². The van der Waals surface area contributed by atoms with Gasteiger partial charge in [-0.2, -0.15) is 8.78 Å². The van der Waals surface area contributed by atoms with E-state index in [0.717, 1.165) is 24.0 Å². The summed E-state index contributed by atoms with van der Waals surface area (Å²) in [5, 5.41) is 0. The molecule has 0 N–H and O–H groups in total. The Morgan fingerprint density at radius 3 is 1.39 bits per heavy atom. The summed E-state index contributed by atoms with van der Waals surface area (Å²) < 4.78 is 29.7. The molecule has 0 saturated carbocycles. The van der Waals surface area contributed by atoms with E-state index in [0.29, 0.717) is 24.5 Å². The SMILES string of the molecule is CCc1ccc(N2CCN(c3ccc(CC)cc3)C2(F)F)cc1. The molecule has 3 rings (SSSR count). The second kappa shape index (κ2) is 6.19. The van der Waals surface area contributed by atoms with Crippen LogP contribution in [0, 0.1) is 0 Å². The van der Waals surface area contributed by atoms with E-state index in [9.17, 15) is 8.78 Å². The van der Waals surface area contributed by atoms with Crippen molar-refractivity contribution in [3.63, 3.8) is 0 Å². The third-order valence-corrected chi connectivity index (χ3v) is 4.51. The van der Waals surface area contributed by atoms with Crippen molar-refractivity contribution < 1.29 is 8.78 Å². The molecule has 122 valence electrons. The van der Waals surface area contributed by atoms with Gasteiger partial charge >= 0.3 is 6.17 Å². The second-order valence-electron chi connectivity index (χ2n) is 5.85. The number of halogens is 2. The maximum Gasteiger partial charge on any atom is 0.414 e. The number of benzene rings is 2. The molecule has 0 amide bonds. The van der Waals surface area contributed by atoms with Crippen LogP contribution < -0.4 is 9.80 Å². The average Bonchev–Trinajstić information content (AvgIpc) is 2.90. The zero-order valence-electron chi connectivity index (χ0n) is 13.6. The van der Waals surface area contributed by atoms with Crippen molar-refractivity contribution >= 4 is 11.4 Å². The van der Waals surface area contributed by atoms with Crippen LogP contribution in [0.4, 0.5) is 20.2 Å². The Balaban J connectivity index is 1.85. The Kier molecular flexibility index (Phi) is 4.24. The molecule has 2 aromatic carbocycles. The molecule has 4 heteroatoms. The smallest absolute Gasteiger partial charge is 0.292 e. The maximum absolute atomic E-state index is 14.9. The molecular weight excluding hydrogens is 294 g/mol. The van der Waals surface area contributed by atoms with Crippen molar-refractivity contribution in [1.29, 1.82) is 0 Å². The van der Waals surface area contributed by atoms with Crippen LogP contribution >= 0.6 is 0 Å². The average molecular weight is 316 g/mol. The molecule has 0 bridgehead atoms. The molecule has 23 heavy (non-hydrogen) atoms. The van der Waals surface area contributed by atoms with Crippen molar-refractivity contribution in [2.45, 2.75) is 32.9 Å². The quantitative estimate of drug-likeness (QED) is 0.755. The first-order valence-electron chi connectivity index (χ1n) is 8.17. The van der Waals surface area contributed by atoms with E-state index in [1.807, 2.05) is 24.3 Å². The number of alkyl halides is 2. The summed E-state index contributed by atoms with van der Waals surface area (Å²) in [5.41, 5.74) is 3.45. The Bertz CT molecular complexity index is 593. The monoisotopic (exact) mass is 316 g/mol. The lowest BCUT2D eigenvalue weighted by atomic mass is 10.1. The molecule has 2 aromatic rings. The fourth-order valence-corrected chi connectivity index (χ4v) is 3.01. The Hall–Kier alpha value is -2.10. The van der Waals surface area contributed by atoms with Crippen LogP contribution in [-0.4, -0.2) is 19.3 Å². The predicted octanol–water partition coefficient (Wildman–Crippen LogP) is 4.69. The molecule has 0 aromatic heterocycles. The number of rotatable bonds is 4. The molecule has 0 atom stereocenters. The summed E-state index contributed by atoms with van der Waals surface area (Å²) in [4.78, 5) is 2.36. The van der Waals surface area contributed by atoms with E-state index in [2.05, 4.69) is 13.8 Å². The number of hydrogen-bond acceptors (Lipinski definition) is 2. The minimum Gasteiger partial charge on any atom is -0.292 e. The van der Waals surface area contributed by atoms with E-state index in [1.165, 1.54) is 9.80 Å². The van der Waals surface area contributed by atoms with Gasteiger partial charge in [-0.05, 0) is 48.2 Å². The van der Waals surface area contributed by atoms with Gasteiger partial charge in [-0.15, -0.1) is 0 Å². The number of anilines is 2. The Morgan fingerprint density at radius 1 is 0.739 bits per heavy atom. The summed E-state index contributed by atoms with van der Waals surface area (Å²) in [6.45, 7) is 4.74. The summed E-state index contributed by atoms with van der Waals surface area (Å²) in [7, 11) is 0. The van der Waals surface area contributed by atoms with E-state index in [1.54, 1.807) is 24.3 Å². The van der Waals surface area contributed by atoms with Crippen LogP contribution in [0.25, 0.3) is 0 Å². The van der Waals surface area contributed by atoms with Gasteiger partial charge in [0.2, 0.25) is 0 Å². The number of hydrogen-bond donors (Lipinski definition) is 0. The van der Waals surface area contributed by atoms with E-state index in [-0.39, 0.29) is 0 Å². The van der Waals surface area contributed by atoms with Crippen molar-refractivity contribution in [2.24, 2.45) is 0 Å². The number of aryl methyl sites for hydroxylation is 2. The van der Waals surface area contributed by atoms with Gasteiger partial charge in [-0.1, -0.05) is 38.1 Å². The molecule has 0 aliphatic carbocycles. The minimum absolute atomic E-state index is 0.313. The van der Waals surface area contributed by atoms with Crippen LogP contribution in [0.2, 0.25) is 0 Å².